The molecule has 1 atom stereocenters. The number of nitrogens with two attached hydrogens (primary N) is 1. The molecule has 0 aromatic heterocycles. The zero-order chi connectivity index (χ0) is 14.1. The van der Waals surface area contributed by atoms with Crippen LogP contribution in [0.1, 0.15) is 37.9 Å². The number of hydrogen-bond acceptors (Lipinski definition) is 2. The van der Waals surface area contributed by atoms with Crippen molar-refractivity contribution >= 4 is 12.4 Å². The van der Waals surface area contributed by atoms with Gasteiger partial charge >= 0.3 is 6.18 Å². The molecule has 0 heterocycles. The van der Waals surface area contributed by atoms with Gasteiger partial charge < -0.3 is 10.5 Å². The number of benzene rings is 1. The summed E-state index contributed by atoms with van der Waals surface area (Å²) in [6.07, 6.45) is -4.44. The molecule has 0 aliphatic carbocycles. The Labute approximate surface area is 117 Å². The van der Waals surface area contributed by atoms with Gasteiger partial charge in [-0.25, -0.2) is 0 Å². The van der Waals surface area contributed by atoms with Crippen LogP contribution in [0.15, 0.2) is 18.2 Å². The molecular formula is C13H19ClF3NO. The number of rotatable bonds is 2. The molecule has 0 radical (unpaired) electrons. The lowest BCUT2D eigenvalue weighted by Crippen LogP contribution is -2.28. The number of ether oxygens (including phenoxy) is 1. The molecule has 19 heavy (non-hydrogen) atoms. The second kappa shape index (κ2) is 6.01. The van der Waals surface area contributed by atoms with E-state index in [-0.39, 0.29) is 23.7 Å². The van der Waals surface area contributed by atoms with Crippen molar-refractivity contribution in [3.05, 3.63) is 29.3 Å². The van der Waals surface area contributed by atoms with Gasteiger partial charge in [-0.3, -0.25) is 0 Å². The minimum Gasteiger partial charge on any atom is -0.497 e. The molecule has 0 aliphatic rings. The smallest absolute Gasteiger partial charge is 0.416 e. The Kier molecular flexibility index (Phi) is 5.71. The Morgan fingerprint density at radius 3 is 2.05 bits per heavy atom. The standard InChI is InChI=1S/C13H18F3NO.ClH/c1-12(2,3)11(17)9-6-5-8(18-4)7-10(9)13(14,15)16;/h5-7,11H,17H2,1-4H3;1H/t11-;/m1./s1. The Hall–Kier alpha value is -0.940. The third-order valence-electron chi connectivity index (χ3n) is 2.83. The fourth-order valence-electron chi connectivity index (χ4n) is 1.65. The van der Waals surface area contributed by atoms with Crippen LogP contribution < -0.4 is 10.5 Å². The van der Waals surface area contributed by atoms with E-state index in [1.54, 1.807) is 0 Å². The van der Waals surface area contributed by atoms with Crippen molar-refractivity contribution in [1.29, 1.82) is 0 Å². The fraction of sp³-hybridized carbons (Fsp3) is 0.538. The lowest BCUT2D eigenvalue weighted by molar-refractivity contribution is -0.138. The number of halogens is 4. The van der Waals surface area contributed by atoms with Crippen molar-refractivity contribution in [2.24, 2.45) is 11.1 Å². The zero-order valence-electron chi connectivity index (χ0n) is 11.3. The summed E-state index contributed by atoms with van der Waals surface area (Å²) in [7, 11) is 1.33. The van der Waals surface area contributed by atoms with Crippen molar-refractivity contribution in [2.45, 2.75) is 33.0 Å². The first-order valence-electron chi connectivity index (χ1n) is 5.58. The molecule has 0 amide bonds. The normalized spacial score (nSPS) is 13.7. The van der Waals surface area contributed by atoms with Crippen LogP contribution in [0, 0.1) is 5.41 Å². The third kappa shape index (κ3) is 4.28. The predicted molar refractivity (Wildman–Crippen MR) is 71.6 cm³/mol. The van der Waals surface area contributed by atoms with E-state index in [1.165, 1.54) is 19.2 Å². The van der Waals surface area contributed by atoms with Crippen molar-refractivity contribution in [2.75, 3.05) is 7.11 Å². The van der Waals surface area contributed by atoms with Crippen molar-refractivity contribution in [3.8, 4) is 5.75 Å². The number of hydrogen-bond donors (Lipinski definition) is 1. The molecule has 0 saturated heterocycles. The van der Waals surface area contributed by atoms with Gasteiger partial charge in [0.25, 0.3) is 0 Å². The van der Waals surface area contributed by atoms with Gasteiger partial charge in [0.1, 0.15) is 5.75 Å². The van der Waals surface area contributed by atoms with Crippen molar-refractivity contribution in [3.63, 3.8) is 0 Å². The first kappa shape index (κ1) is 18.1. The second-order valence-electron chi connectivity index (χ2n) is 5.29. The topological polar surface area (TPSA) is 35.2 Å². The summed E-state index contributed by atoms with van der Waals surface area (Å²) in [5, 5.41) is 0. The predicted octanol–water partition coefficient (Wildman–Crippen LogP) is 4.18. The summed E-state index contributed by atoms with van der Waals surface area (Å²) in [6.45, 7) is 5.42. The molecule has 2 N–H and O–H groups in total. The molecule has 0 unspecified atom stereocenters. The summed E-state index contributed by atoms with van der Waals surface area (Å²) in [5.74, 6) is 0.173. The molecule has 6 heteroatoms. The largest absolute Gasteiger partial charge is 0.497 e. The highest BCUT2D eigenvalue weighted by Crippen LogP contribution is 2.40. The van der Waals surface area contributed by atoms with E-state index in [1.807, 2.05) is 20.8 Å². The van der Waals surface area contributed by atoms with Gasteiger partial charge in [0, 0.05) is 6.04 Å². The maximum atomic E-state index is 13.0. The average molecular weight is 298 g/mol. The molecule has 1 rings (SSSR count). The van der Waals surface area contributed by atoms with Crippen LogP contribution in [0.4, 0.5) is 13.2 Å². The molecule has 1 aromatic carbocycles. The number of alkyl halides is 3. The van der Waals surface area contributed by atoms with Gasteiger partial charge in [-0.15, -0.1) is 12.4 Å². The lowest BCUT2D eigenvalue weighted by Gasteiger charge is -2.29. The summed E-state index contributed by atoms with van der Waals surface area (Å²) in [4.78, 5) is 0. The van der Waals surface area contributed by atoms with Gasteiger partial charge in [-0.05, 0) is 23.1 Å². The van der Waals surface area contributed by atoms with Gasteiger partial charge in [-0.1, -0.05) is 26.8 Å². The van der Waals surface area contributed by atoms with E-state index < -0.39 is 23.2 Å². The van der Waals surface area contributed by atoms with Gasteiger partial charge in [-0.2, -0.15) is 13.2 Å². The molecule has 0 saturated carbocycles. The lowest BCUT2D eigenvalue weighted by atomic mass is 9.81. The molecule has 110 valence electrons. The molecule has 2 nitrogen and oxygen atoms in total. The Balaban J connectivity index is 0.00000324. The zero-order valence-corrected chi connectivity index (χ0v) is 12.2. The first-order valence-corrected chi connectivity index (χ1v) is 5.58. The van der Waals surface area contributed by atoms with Crippen LogP contribution >= 0.6 is 12.4 Å². The third-order valence-corrected chi connectivity index (χ3v) is 2.83. The molecule has 1 aromatic rings. The highest BCUT2D eigenvalue weighted by molar-refractivity contribution is 5.85. The average Bonchev–Trinajstić information content (AvgIpc) is 2.24. The molecule has 0 bridgehead atoms. The van der Waals surface area contributed by atoms with Crippen molar-refractivity contribution < 1.29 is 17.9 Å². The van der Waals surface area contributed by atoms with Crippen LogP contribution in [0.25, 0.3) is 0 Å². The highest BCUT2D eigenvalue weighted by Gasteiger charge is 2.37. The first-order chi connectivity index (χ1) is 8.07. The van der Waals surface area contributed by atoms with E-state index in [2.05, 4.69) is 0 Å². The summed E-state index contributed by atoms with van der Waals surface area (Å²) in [5.41, 5.74) is 4.83. The Morgan fingerprint density at radius 1 is 1.16 bits per heavy atom. The van der Waals surface area contributed by atoms with E-state index in [0.29, 0.717) is 0 Å². The molecule has 0 fully saturated rings. The Bertz CT molecular complexity index is 427. The van der Waals surface area contributed by atoms with E-state index in [9.17, 15) is 13.2 Å². The van der Waals surface area contributed by atoms with Gasteiger partial charge in [0.15, 0.2) is 0 Å². The minimum atomic E-state index is -4.44. The summed E-state index contributed by atoms with van der Waals surface area (Å²) >= 11 is 0. The van der Waals surface area contributed by atoms with E-state index >= 15 is 0 Å². The highest BCUT2D eigenvalue weighted by atomic mass is 35.5. The quantitative estimate of drug-likeness (QED) is 0.888. The number of methoxy groups -OCH3 is 1. The summed E-state index contributed by atoms with van der Waals surface area (Å²) < 4.78 is 43.8. The minimum absolute atomic E-state index is 0. The van der Waals surface area contributed by atoms with Crippen LogP contribution in [-0.2, 0) is 6.18 Å². The van der Waals surface area contributed by atoms with E-state index in [0.717, 1.165) is 6.07 Å². The van der Waals surface area contributed by atoms with Crippen LogP contribution in [-0.4, -0.2) is 7.11 Å². The van der Waals surface area contributed by atoms with Crippen LogP contribution in [0.5, 0.6) is 5.75 Å². The van der Waals surface area contributed by atoms with Crippen LogP contribution in [0.3, 0.4) is 0 Å². The SMILES string of the molecule is COc1ccc([C@@H](N)C(C)(C)C)c(C(F)(F)F)c1.Cl. The second-order valence-corrected chi connectivity index (χ2v) is 5.29. The maximum absolute atomic E-state index is 13.0. The fourth-order valence-corrected chi connectivity index (χ4v) is 1.65. The Morgan fingerprint density at radius 2 is 1.68 bits per heavy atom. The molecule has 0 spiro atoms. The van der Waals surface area contributed by atoms with Gasteiger partial charge in [0.05, 0.1) is 12.7 Å². The maximum Gasteiger partial charge on any atom is 0.416 e. The molecule has 0 aliphatic heterocycles. The van der Waals surface area contributed by atoms with Crippen LogP contribution in [0.2, 0.25) is 0 Å². The van der Waals surface area contributed by atoms with Crippen molar-refractivity contribution in [1.82, 2.24) is 0 Å². The molecular weight excluding hydrogens is 279 g/mol. The monoisotopic (exact) mass is 297 g/mol. The van der Waals surface area contributed by atoms with E-state index in [4.69, 9.17) is 10.5 Å². The van der Waals surface area contributed by atoms with Gasteiger partial charge in [0.2, 0.25) is 0 Å². The summed E-state index contributed by atoms with van der Waals surface area (Å²) in [6, 6.07) is 3.18.